The van der Waals surface area contributed by atoms with Crippen LogP contribution in [0.4, 0.5) is 0 Å². The zero-order valence-electron chi connectivity index (χ0n) is 20.6. The molecule has 7 atom stereocenters. The molecule has 2 N–H and O–H groups in total. The van der Waals surface area contributed by atoms with Crippen molar-refractivity contribution in [2.75, 3.05) is 7.11 Å². The van der Waals surface area contributed by atoms with Gasteiger partial charge in [-0.3, -0.25) is 0 Å². The standard InChI is InChI=1S/C28H42O3/c1-16-14-18(29)23-17(24(16)31-7)15-21-27(5)11-8-19-25(2,3)22(30)10-13-26(19,4)20(27)9-12-28(21,23)6/h14,19-22,29-30H,8-13,15H2,1-7H3/t19-,20+,21-,22-,26+,27-,28-/m0/s1. The second kappa shape index (κ2) is 6.43. The van der Waals surface area contributed by atoms with E-state index in [1.165, 1.54) is 30.4 Å². The molecule has 0 heterocycles. The lowest BCUT2D eigenvalue weighted by atomic mass is 9.37. The van der Waals surface area contributed by atoms with Gasteiger partial charge >= 0.3 is 0 Å². The van der Waals surface area contributed by atoms with Crippen LogP contribution in [0.2, 0.25) is 0 Å². The van der Waals surface area contributed by atoms with Gasteiger partial charge in [-0.15, -0.1) is 0 Å². The van der Waals surface area contributed by atoms with Gasteiger partial charge in [0.2, 0.25) is 0 Å². The smallest absolute Gasteiger partial charge is 0.125 e. The Morgan fingerprint density at radius 3 is 2.19 bits per heavy atom. The van der Waals surface area contributed by atoms with Gasteiger partial charge in [0.15, 0.2) is 0 Å². The van der Waals surface area contributed by atoms with Gasteiger partial charge in [0.1, 0.15) is 11.5 Å². The van der Waals surface area contributed by atoms with Crippen LogP contribution in [0.3, 0.4) is 0 Å². The number of hydrogen-bond donors (Lipinski definition) is 2. The minimum absolute atomic E-state index is 0.00762. The molecule has 0 aliphatic heterocycles. The third-order valence-corrected chi connectivity index (χ3v) is 11.3. The fourth-order valence-electron chi connectivity index (χ4n) is 9.93. The highest BCUT2D eigenvalue weighted by atomic mass is 16.5. The van der Waals surface area contributed by atoms with Gasteiger partial charge in [-0.2, -0.15) is 0 Å². The zero-order valence-corrected chi connectivity index (χ0v) is 20.6. The van der Waals surface area contributed by atoms with Crippen LogP contribution in [0.5, 0.6) is 11.5 Å². The van der Waals surface area contributed by atoms with Crippen molar-refractivity contribution in [2.24, 2.45) is 34.0 Å². The van der Waals surface area contributed by atoms with E-state index in [9.17, 15) is 10.2 Å². The molecule has 3 fully saturated rings. The van der Waals surface area contributed by atoms with E-state index < -0.39 is 0 Å². The maximum absolute atomic E-state index is 11.1. The molecule has 1 aromatic rings. The predicted molar refractivity (Wildman–Crippen MR) is 125 cm³/mol. The number of fused-ring (bicyclic) bond motifs is 7. The molecule has 0 unspecified atom stereocenters. The molecule has 0 saturated heterocycles. The first kappa shape index (κ1) is 21.6. The van der Waals surface area contributed by atoms with Crippen molar-refractivity contribution in [3.63, 3.8) is 0 Å². The molecule has 31 heavy (non-hydrogen) atoms. The predicted octanol–water partition coefficient (Wildman–Crippen LogP) is 6.15. The minimum Gasteiger partial charge on any atom is -0.508 e. The summed E-state index contributed by atoms with van der Waals surface area (Å²) in [5, 5.41) is 21.9. The first-order chi connectivity index (χ1) is 14.4. The van der Waals surface area contributed by atoms with Gasteiger partial charge in [0, 0.05) is 16.5 Å². The summed E-state index contributed by atoms with van der Waals surface area (Å²) in [5.41, 5.74) is 4.02. The molecule has 4 aliphatic carbocycles. The van der Waals surface area contributed by atoms with Gasteiger partial charge in [0.05, 0.1) is 13.2 Å². The summed E-state index contributed by atoms with van der Waals surface area (Å²) < 4.78 is 5.87. The Balaban J connectivity index is 1.60. The fraction of sp³-hybridized carbons (Fsp3) is 0.786. The summed E-state index contributed by atoms with van der Waals surface area (Å²) in [6, 6.07) is 1.92. The van der Waals surface area contributed by atoms with E-state index in [0.29, 0.717) is 23.5 Å². The monoisotopic (exact) mass is 426 g/mol. The summed E-state index contributed by atoms with van der Waals surface area (Å²) in [6.07, 6.45) is 7.71. The highest BCUT2D eigenvalue weighted by molar-refractivity contribution is 5.59. The summed E-state index contributed by atoms with van der Waals surface area (Å²) in [6.45, 7) is 14.2. The Hall–Kier alpha value is -1.22. The lowest BCUT2D eigenvalue weighted by Crippen LogP contribution is -2.63. The number of phenolic OH excluding ortho intramolecular Hbond substituents is 1. The van der Waals surface area contributed by atoms with Crippen LogP contribution in [0.1, 0.15) is 89.8 Å². The maximum Gasteiger partial charge on any atom is 0.125 e. The van der Waals surface area contributed by atoms with Crippen LogP contribution < -0.4 is 4.74 Å². The average molecular weight is 427 g/mol. The molecule has 1 aromatic carbocycles. The van der Waals surface area contributed by atoms with Crippen molar-refractivity contribution in [2.45, 2.75) is 98.0 Å². The Kier molecular flexibility index (Phi) is 4.48. The number of aromatic hydroxyl groups is 1. The first-order valence-electron chi connectivity index (χ1n) is 12.5. The number of hydrogen-bond acceptors (Lipinski definition) is 3. The Morgan fingerprint density at radius 1 is 0.903 bits per heavy atom. The van der Waals surface area contributed by atoms with Crippen molar-refractivity contribution >= 4 is 0 Å². The summed E-state index contributed by atoms with van der Waals surface area (Å²) in [5.74, 6) is 3.25. The van der Waals surface area contributed by atoms with Gasteiger partial charge in [-0.25, -0.2) is 0 Å². The largest absolute Gasteiger partial charge is 0.508 e. The van der Waals surface area contributed by atoms with Crippen molar-refractivity contribution < 1.29 is 14.9 Å². The lowest BCUT2D eigenvalue weighted by molar-refractivity contribution is -0.201. The van der Waals surface area contributed by atoms with Gasteiger partial charge in [0.25, 0.3) is 0 Å². The van der Waals surface area contributed by atoms with Crippen molar-refractivity contribution in [3.8, 4) is 11.5 Å². The SMILES string of the molecule is COc1c(C)cc(O)c2c1C[C@H]1[C@@]3(C)CC[C@H]4C(C)(C)[C@@H](O)CC[C@@]4(C)[C@H]3CC[C@]21C. The van der Waals surface area contributed by atoms with E-state index in [1.54, 1.807) is 7.11 Å². The lowest BCUT2D eigenvalue weighted by Gasteiger charge is -2.68. The zero-order chi connectivity index (χ0) is 22.6. The molecular formula is C28H42O3. The number of aliphatic hydroxyl groups excluding tert-OH is 1. The molecule has 3 saturated carbocycles. The highest BCUT2D eigenvalue weighted by Gasteiger charge is 2.67. The number of ether oxygens (including phenoxy) is 1. The molecule has 5 rings (SSSR count). The first-order valence-corrected chi connectivity index (χ1v) is 12.5. The normalized spacial score (nSPS) is 45.3. The Bertz CT molecular complexity index is 919. The van der Waals surface area contributed by atoms with Crippen LogP contribution in [0.25, 0.3) is 0 Å². The van der Waals surface area contributed by atoms with Crippen LogP contribution in [-0.4, -0.2) is 23.4 Å². The third-order valence-electron chi connectivity index (χ3n) is 11.3. The highest BCUT2D eigenvalue weighted by Crippen LogP contribution is 2.73. The van der Waals surface area contributed by atoms with Gasteiger partial charge in [-0.1, -0.05) is 34.6 Å². The van der Waals surface area contributed by atoms with Crippen LogP contribution in [0, 0.1) is 40.9 Å². The molecular weight excluding hydrogens is 384 g/mol. The Morgan fingerprint density at radius 2 is 1.52 bits per heavy atom. The van der Waals surface area contributed by atoms with E-state index in [1.807, 2.05) is 6.07 Å². The third kappa shape index (κ3) is 2.50. The van der Waals surface area contributed by atoms with Gasteiger partial charge in [-0.05, 0) is 97.5 Å². The number of phenols is 1. The van der Waals surface area contributed by atoms with Crippen LogP contribution >= 0.6 is 0 Å². The molecule has 0 amide bonds. The number of aryl methyl sites for hydroxylation is 1. The van der Waals surface area contributed by atoms with Crippen molar-refractivity contribution in [1.82, 2.24) is 0 Å². The topological polar surface area (TPSA) is 49.7 Å². The molecule has 3 nitrogen and oxygen atoms in total. The molecule has 0 radical (unpaired) electrons. The minimum atomic E-state index is -0.177. The van der Waals surface area contributed by atoms with Crippen molar-refractivity contribution in [3.05, 3.63) is 22.8 Å². The van der Waals surface area contributed by atoms with E-state index in [0.717, 1.165) is 37.0 Å². The molecule has 3 heteroatoms. The molecule has 4 aliphatic rings. The molecule has 0 bridgehead atoms. The van der Waals surface area contributed by atoms with E-state index in [4.69, 9.17) is 4.74 Å². The average Bonchev–Trinajstić information content (AvgIpc) is 3.00. The summed E-state index contributed by atoms with van der Waals surface area (Å²) in [4.78, 5) is 0. The Labute approximate surface area is 188 Å². The molecule has 0 spiro atoms. The maximum atomic E-state index is 11.1. The van der Waals surface area contributed by atoms with Gasteiger partial charge < -0.3 is 14.9 Å². The van der Waals surface area contributed by atoms with E-state index in [-0.39, 0.29) is 27.8 Å². The van der Waals surface area contributed by atoms with Crippen LogP contribution in [-0.2, 0) is 11.8 Å². The number of aliphatic hydroxyl groups is 1. The second-order valence-corrected chi connectivity index (χ2v) is 12.8. The second-order valence-electron chi connectivity index (χ2n) is 12.8. The number of rotatable bonds is 1. The summed E-state index contributed by atoms with van der Waals surface area (Å²) >= 11 is 0. The van der Waals surface area contributed by atoms with E-state index >= 15 is 0 Å². The quantitative estimate of drug-likeness (QED) is 0.566. The molecule has 0 aromatic heterocycles. The number of benzene rings is 1. The number of methoxy groups -OCH3 is 1. The van der Waals surface area contributed by atoms with Crippen LogP contribution in [0.15, 0.2) is 6.07 Å². The fourth-order valence-corrected chi connectivity index (χ4v) is 9.93. The summed E-state index contributed by atoms with van der Waals surface area (Å²) in [7, 11) is 1.77. The van der Waals surface area contributed by atoms with Crippen molar-refractivity contribution in [1.29, 1.82) is 0 Å². The van der Waals surface area contributed by atoms with E-state index in [2.05, 4.69) is 41.5 Å². The molecule has 172 valence electrons.